The summed E-state index contributed by atoms with van der Waals surface area (Å²) in [4.78, 5) is 31.2. The SMILES string of the molecule is COC(=O)c1nc(OC(F)(F)F)c(F)cc1NC(=O)c1ccc(-n2ccnc2)nn1. The zero-order chi connectivity index (χ0) is 21.9. The van der Waals surface area contributed by atoms with E-state index in [1.807, 2.05) is 0 Å². The van der Waals surface area contributed by atoms with Crippen molar-refractivity contribution in [2.24, 2.45) is 0 Å². The monoisotopic (exact) mass is 426 g/mol. The van der Waals surface area contributed by atoms with Crippen molar-refractivity contribution >= 4 is 17.6 Å². The number of hydrogen-bond donors (Lipinski definition) is 1. The van der Waals surface area contributed by atoms with E-state index in [1.54, 1.807) is 6.20 Å². The predicted molar refractivity (Wildman–Crippen MR) is 89.3 cm³/mol. The number of nitrogens with zero attached hydrogens (tertiary/aromatic N) is 5. The molecule has 0 atom stereocenters. The third kappa shape index (κ3) is 4.65. The van der Waals surface area contributed by atoms with Gasteiger partial charge in [-0.1, -0.05) is 0 Å². The second-order valence-corrected chi connectivity index (χ2v) is 5.41. The standard InChI is InChI=1S/C16H10F4N6O4/c1-29-15(28)12-10(6-8(17)14(23-12)30-16(18,19)20)22-13(27)9-2-3-11(25-24-9)26-5-4-21-7-26/h2-7H,1H3,(H,22,27). The summed E-state index contributed by atoms with van der Waals surface area (Å²) in [6, 6.07) is 3.15. The third-order valence-electron chi connectivity index (χ3n) is 3.44. The van der Waals surface area contributed by atoms with Crippen LogP contribution in [0.5, 0.6) is 5.88 Å². The molecule has 3 rings (SSSR count). The number of methoxy groups -OCH3 is 1. The minimum Gasteiger partial charge on any atom is -0.464 e. The Labute approximate surface area is 164 Å². The Balaban J connectivity index is 1.88. The van der Waals surface area contributed by atoms with Crippen LogP contribution in [0.1, 0.15) is 21.0 Å². The quantitative estimate of drug-likeness (QED) is 0.487. The Morgan fingerprint density at radius 3 is 2.53 bits per heavy atom. The van der Waals surface area contributed by atoms with Gasteiger partial charge in [0.25, 0.3) is 11.8 Å². The Kier molecular flexibility index (Phi) is 5.57. The zero-order valence-corrected chi connectivity index (χ0v) is 14.8. The second kappa shape index (κ2) is 8.10. The highest BCUT2D eigenvalue weighted by Gasteiger charge is 2.34. The second-order valence-electron chi connectivity index (χ2n) is 5.41. The molecule has 14 heteroatoms. The fourth-order valence-corrected chi connectivity index (χ4v) is 2.17. The maximum Gasteiger partial charge on any atom is 0.574 e. The number of alkyl halides is 3. The molecule has 0 aromatic carbocycles. The van der Waals surface area contributed by atoms with Crippen LogP contribution in [-0.4, -0.2) is 50.1 Å². The highest BCUT2D eigenvalue weighted by molar-refractivity contribution is 6.06. The molecule has 0 bridgehead atoms. The van der Waals surface area contributed by atoms with Gasteiger partial charge < -0.3 is 14.8 Å². The molecule has 0 aliphatic rings. The van der Waals surface area contributed by atoms with E-state index in [0.29, 0.717) is 11.9 Å². The van der Waals surface area contributed by atoms with Gasteiger partial charge in [-0.05, 0) is 12.1 Å². The molecule has 0 radical (unpaired) electrons. The predicted octanol–water partition coefficient (Wildman–Crippen LogP) is 2.13. The molecule has 1 N–H and O–H groups in total. The first-order chi connectivity index (χ1) is 14.2. The number of halogens is 4. The van der Waals surface area contributed by atoms with Gasteiger partial charge in [-0.15, -0.1) is 23.4 Å². The summed E-state index contributed by atoms with van der Waals surface area (Å²) in [5.74, 6) is -4.91. The lowest BCUT2D eigenvalue weighted by atomic mass is 10.2. The van der Waals surface area contributed by atoms with Crippen molar-refractivity contribution in [2.75, 3.05) is 12.4 Å². The molecule has 3 aromatic rings. The highest BCUT2D eigenvalue weighted by Crippen LogP contribution is 2.28. The van der Waals surface area contributed by atoms with Gasteiger partial charge in [-0.3, -0.25) is 9.36 Å². The van der Waals surface area contributed by atoms with Crippen LogP contribution in [0.4, 0.5) is 23.2 Å². The summed E-state index contributed by atoms with van der Waals surface area (Å²) in [5.41, 5.74) is -1.60. The third-order valence-corrected chi connectivity index (χ3v) is 3.44. The maximum absolute atomic E-state index is 14.0. The van der Waals surface area contributed by atoms with Gasteiger partial charge in [0.05, 0.1) is 12.8 Å². The molecule has 0 fully saturated rings. The van der Waals surface area contributed by atoms with Crippen LogP contribution in [0.25, 0.3) is 5.82 Å². The number of pyridine rings is 1. The minimum atomic E-state index is -5.25. The molecule has 3 heterocycles. The number of amides is 1. The number of aromatic nitrogens is 5. The molecule has 156 valence electrons. The van der Waals surface area contributed by atoms with Gasteiger partial charge in [-0.25, -0.2) is 19.2 Å². The normalized spacial score (nSPS) is 11.1. The molecule has 0 aliphatic carbocycles. The van der Waals surface area contributed by atoms with E-state index in [2.05, 4.69) is 35.0 Å². The van der Waals surface area contributed by atoms with Crippen molar-refractivity contribution in [3.05, 3.63) is 54.1 Å². The van der Waals surface area contributed by atoms with Crippen LogP contribution in [0, 0.1) is 5.82 Å². The lowest BCUT2D eigenvalue weighted by Gasteiger charge is -2.13. The number of nitrogens with one attached hydrogen (secondary N) is 1. The summed E-state index contributed by atoms with van der Waals surface area (Å²) < 4.78 is 60.4. The average molecular weight is 426 g/mol. The number of esters is 1. The molecule has 1 amide bonds. The van der Waals surface area contributed by atoms with Gasteiger partial charge in [0.1, 0.15) is 6.33 Å². The van der Waals surface area contributed by atoms with Crippen molar-refractivity contribution < 1.29 is 36.6 Å². The van der Waals surface area contributed by atoms with E-state index >= 15 is 0 Å². The maximum atomic E-state index is 14.0. The van der Waals surface area contributed by atoms with Gasteiger partial charge in [-0.2, -0.15) is 0 Å². The van der Waals surface area contributed by atoms with E-state index in [1.165, 1.54) is 29.2 Å². The topological polar surface area (TPSA) is 121 Å². The number of imidazole rings is 1. The number of rotatable bonds is 5. The largest absolute Gasteiger partial charge is 0.574 e. The number of hydrogen-bond acceptors (Lipinski definition) is 8. The Morgan fingerprint density at radius 1 is 1.20 bits per heavy atom. The fraction of sp³-hybridized carbons (Fsp3) is 0.125. The Morgan fingerprint density at radius 2 is 1.97 bits per heavy atom. The molecule has 0 saturated heterocycles. The number of carbonyl (C=O) groups excluding carboxylic acids is 2. The summed E-state index contributed by atoms with van der Waals surface area (Å²) >= 11 is 0. The first-order valence-corrected chi connectivity index (χ1v) is 7.86. The first kappa shape index (κ1) is 20.6. The molecular formula is C16H10F4N6O4. The van der Waals surface area contributed by atoms with Gasteiger partial charge in [0.15, 0.2) is 23.0 Å². The lowest BCUT2D eigenvalue weighted by molar-refractivity contribution is -0.277. The molecule has 0 spiro atoms. The zero-order valence-electron chi connectivity index (χ0n) is 14.8. The first-order valence-electron chi connectivity index (χ1n) is 7.86. The Bertz CT molecular complexity index is 1070. The van der Waals surface area contributed by atoms with E-state index < -0.39 is 41.3 Å². The van der Waals surface area contributed by atoms with Crippen LogP contribution < -0.4 is 10.1 Å². The summed E-state index contributed by atoms with van der Waals surface area (Å²) in [6.07, 6.45) is -0.709. The molecule has 0 saturated carbocycles. The van der Waals surface area contributed by atoms with E-state index in [4.69, 9.17) is 0 Å². The van der Waals surface area contributed by atoms with Crippen molar-refractivity contribution in [3.8, 4) is 11.7 Å². The smallest absolute Gasteiger partial charge is 0.464 e. The lowest BCUT2D eigenvalue weighted by Crippen LogP contribution is -2.22. The molecule has 30 heavy (non-hydrogen) atoms. The molecular weight excluding hydrogens is 416 g/mol. The van der Waals surface area contributed by atoms with Crippen LogP contribution in [-0.2, 0) is 4.74 Å². The van der Waals surface area contributed by atoms with Gasteiger partial charge in [0.2, 0.25) is 0 Å². The van der Waals surface area contributed by atoms with Crippen molar-refractivity contribution in [1.29, 1.82) is 0 Å². The van der Waals surface area contributed by atoms with Crippen molar-refractivity contribution in [1.82, 2.24) is 24.7 Å². The van der Waals surface area contributed by atoms with Crippen LogP contribution >= 0.6 is 0 Å². The number of anilines is 1. The van der Waals surface area contributed by atoms with E-state index in [-0.39, 0.29) is 5.69 Å². The summed E-state index contributed by atoms with van der Waals surface area (Å²) in [5, 5.41) is 9.64. The molecule has 3 aromatic heterocycles. The molecule has 0 unspecified atom stereocenters. The Hall–Kier alpha value is -4.10. The minimum absolute atomic E-state index is 0.231. The van der Waals surface area contributed by atoms with Gasteiger partial charge in [0, 0.05) is 18.5 Å². The summed E-state index contributed by atoms with van der Waals surface area (Å²) in [7, 11) is 0.920. The highest BCUT2D eigenvalue weighted by atomic mass is 19.4. The molecule has 10 nitrogen and oxygen atoms in total. The average Bonchev–Trinajstić information content (AvgIpc) is 3.23. The van der Waals surface area contributed by atoms with E-state index in [9.17, 15) is 27.2 Å². The van der Waals surface area contributed by atoms with Crippen molar-refractivity contribution in [3.63, 3.8) is 0 Å². The summed E-state index contributed by atoms with van der Waals surface area (Å²) in [6.45, 7) is 0. The van der Waals surface area contributed by atoms with Gasteiger partial charge >= 0.3 is 12.3 Å². The van der Waals surface area contributed by atoms with Crippen LogP contribution in [0.15, 0.2) is 36.9 Å². The fourth-order valence-electron chi connectivity index (χ4n) is 2.17. The van der Waals surface area contributed by atoms with Crippen molar-refractivity contribution in [2.45, 2.75) is 6.36 Å². The number of ether oxygens (including phenoxy) is 2. The van der Waals surface area contributed by atoms with E-state index in [0.717, 1.165) is 7.11 Å². The molecule has 0 aliphatic heterocycles. The van der Waals surface area contributed by atoms with Crippen LogP contribution in [0.2, 0.25) is 0 Å². The van der Waals surface area contributed by atoms with Crippen LogP contribution in [0.3, 0.4) is 0 Å². The number of carbonyl (C=O) groups is 2.